The number of nitrogens with zero attached hydrogens (tertiary/aromatic N) is 1. The highest BCUT2D eigenvalue weighted by atomic mass is 16.5. The zero-order valence-corrected chi connectivity index (χ0v) is 12.9. The molecule has 0 bridgehead atoms. The molecular weight excluding hydrogens is 264 g/mol. The minimum atomic E-state index is 0.545. The summed E-state index contributed by atoms with van der Waals surface area (Å²) in [5.74, 6) is 1.91. The van der Waals surface area contributed by atoms with Gasteiger partial charge in [-0.05, 0) is 55.6 Å². The van der Waals surface area contributed by atoms with Crippen molar-refractivity contribution in [2.45, 2.75) is 39.8 Å². The molecule has 0 aromatic carbocycles. The first-order valence-electron chi connectivity index (χ1n) is 7.55. The molecule has 4 heteroatoms. The van der Waals surface area contributed by atoms with Gasteiger partial charge < -0.3 is 14.5 Å². The molecule has 0 fully saturated rings. The summed E-state index contributed by atoms with van der Waals surface area (Å²) in [7, 11) is 0. The van der Waals surface area contributed by atoms with Crippen LogP contribution in [0.15, 0.2) is 35.0 Å². The van der Waals surface area contributed by atoms with Gasteiger partial charge in [-0.2, -0.15) is 0 Å². The lowest BCUT2D eigenvalue weighted by Crippen LogP contribution is -2.11. The first-order valence-corrected chi connectivity index (χ1v) is 7.55. The van der Waals surface area contributed by atoms with Crippen molar-refractivity contribution >= 4 is 0 Å². The molecule has 2 heterocycles. The maximum Gasteiger partial charge on any atom is 0.130 e. The number of furan rings is 1. The number of hydrogen-bond acceptors (Lipinski definition) is 4. The first kappa shape index (κ1) is 15.7. The van der Waals surface area contributed by atoms with Gasteiger partial charge in [-0.15, -0.1) is 0 Å². The summed E-state index contributed by atoms with van der Waals surface area (Å²) < 4.78 is 11.5. The third kappa shape index (κ3) is 5.33. The van der Waals surface area contributed by atoms with E-state index in [4.69, 9.17) is 9.15 Å². The molecule has 0 spiro atoms. The predicted octanol–water partition coefficient (Wildman–Crippen LogP) is 3.24. The summed E-state index contributed by atoms with van der Waals surface area (Å²) in [6.07, 6.45) is 5.68. The van der Waals surface area contributed by atoms with E-state index in [2.05, 4.69) is 30.2 Å². The van der Waals surface area contributed by atoms with Gasteiger partial charge in [0.15, 0.2) is 0 Å². The van der Waals surface area contributed by atoms with Crippen LogP contribution >= 0.6 is 0 Å². The van der Waals surface area contributed by atoms with E-state index in [1.165, 1.54) is 11.1 Å². The number of ether oxygens (including phenoxy) is 1. The summed E-state index contributed by atoms with van der Waals surface area (Å²) in [5, 5.41) is 3.27. The SMILES string of the molecule is CCNCc1oc(COCCCc2ccncc2)cc1C. The van der Waals surface area contributed by atoms with Crippen LogP contribution in [0.1, 0.15) is 36.0 Å². The highest BCUT2D eigenvalue weighted by Gasteiger charge is 2.07. The Labute approximate surface area is 126 Å². The molecule has 2 aromatic heterocycles. The largest absolute Gasteiger partial charge is 0.462 e. The second-order valence-corrected chi connectivity index (χ2v) is 5.11. The van der Waals surface area contributed by atoms with Crippen LogP contribution in [-0.2, 0) is 24.3 Å². The Kier molecular flexibility index (Phi) is 6.44. The summed E-state index contributed by atoms with van der Waals surface area (Å²) in [6, 6.07) is 6.15. The molecule has 114 valence electrons. The molecule has 0 radical (unpaired) electrons. The van der Waals surface area contributed by atoms with Crippen molar-refractivity contribution in [3.63, 3.8) is 0 Å². The molecule has 0 atom stereocenters. The van der Waals surface area contributed by atoms with Gasteiger partial charge >= 0.3 is 0 Å². The topological polar surface area (TPSA) is 47.3 Å². The van der Waals surface area contributed by atoms with Crippen LogP contribution in [0.3, 0.4) is 0 Å². The van der Waals surface area contributed by atoms with Crippen LogP contribution < -0.4 is 5.32 Å². The third-order valence-corrected chi connectivity index (χ3v) is 3.35. The van der Waals surface area contributed by atoms with Crippen molar-refractivity contribution < 1.29 is 9.15 Å². The Balaban J connectivity index is 1.66. The Hall–Kier alpha value is -1.65. The molecule has 0 unspecified atom stereocenters. The van der Waals surface area contributed by atoms with E-state index in [0.717, 1.165) is 44.1 Å². The number of pyridine rings is 1. The molecule has 4 nitrogen and oxygen atoms in total. The van der Waals surface area contributed by atoms with Gasteiger partial charge in [0.05, 0.1) is 6.54 Å². The summed E-state index contributed by atoms with van der Waals surface area (Å²) in [6.45, 7) is 7.17. The molecule has 0 aliphatic carbocycles. The van der Waals surface area contributed by atoms with E-state index in [0.29, 0.717) is 6.61 Å². The number of nitrogens with one attached hydrogen (secondary N) is 1. The maximum atomic E-state index is 5.79. The molecule has 2 aromatic rings. The lowest BCUT2D eigenvalue weighted by Gasteiger charge is -2.03. The van der Waals surface area contributed by atoms with Crippen molar-refractivity contribution in [3.8, 4) is 0 Å². The van der Waals surface area contributed by atoms with Crippen molar-refractivity contribution in [2.75, 3.05) is 13.2 Å². The average molecular weight is 288 g/mol. The first-order chi connectivity index (χ1) is 10.3. The minimum absolute atomic E-state index is 0.545. The van der Waals surface area contributed by atoms with Crippen LogP contribution in [0.5, 0.6) is 0 Å². The van der Waals surface area contributed by atoms with Crippen molar-refractivity contribution in [1.29, 1.82) is 0 Å². The average Bonchev–Trinajstić information content (AvgIpc) is 2.86. The van der Waals surface area contributed by atoms with Crippen LogP contribution in [0, 0.1) is 6.92 Å². The highest BCUT2D eigenvalue weighted by molar-refractivity contribution is 5.19. The molecule has 0 saturated carbocycles. The number of aromatic nitrogens is 1. The van der Waals surface area contributed by atoms with E-state index < -0.39 is 0 Å². The molecule has 21 heavy (non-hydrogen) atoms. The zero-order valence-electron chi connectivity index (χ0n) is 12.9. The van der Waals surface area contributed by atoms with Crippen LogP contribution in [0.25, 0.3) is 0 Å². The van der Waals surface area contributed by atoms with Crippen molar-refractivity contribution in [1.82, 2.24) is 10.3 Å². The molecule has 1 N–H and O–H groups in total. The monoisotopic (exact) mass is 288 g/mol. The smallest absolute Gasteiger partial charge is 0.130 e. The van der Waals surface area contributed by atoms with Crippen LogP contribution in [-0.4, -0.2) is 18.1 Å². The predicted molar refractivity (Wildman–Crippen MR) is 83.0 cm³/mol. The van der Waals surface area contributed by atoms with E-state index in [1.807, 2.05) is 24.5 Å². The molecule has 0 aliphatic rings. The fraction of sp³-hybridized carbons (Fsp3) is 0.471. The Morgan fingerprint density at radius 3 is 2.86 bits per heavy atom. The van der Waals surface area contributed by atoms with Gasteiger partial charge in [-0.3, -0.25) is 4.98 Å². The number of rotatable bonds is 9. The van der Waals surface area contributed by atoms with E-state index in [-0.39, 0.29) is 0 Å². The van der Waals surface area contributed by atoms with Gasteiger partial charge in [0, 0.05) is 19.0 Å². The second kappa shape index (κ2) is 8.60. The number of hydrogen-bond donors (Lipinski definition) is 1. The van der Waals surface area contributed by atoms with Gasteiger partial charge in [-0.1, -0.05) is 6.92 Å². The van der Waals surface area contributed by atoms with E-state index >= 15 is 0 Å². The fourth-order valence-electron chi connectivity index (χ4n) is 2.18. The molecule has 2 rings (SSSR count). The minimum Gasteiger partial charge on any atom is -0.462 e. The zero-order chi connectivity index (χ0) is 14.9. The van der Waals surface area contributed by atoms with Gasteiger partial charge in [0.2, 0.25) is 0 Å². The summed E-state index contributed by atoms with van der Waals surface area (Å²) in [5.41, 5.74) is 2.49. The fourth-order valence-corrected chi connectivity index (χ4v) is 2.18. The molecular formula is C17H24N2O2. The molecule has 0 saturated heterocycles. The van der Waals surface area contributed by atoms with Crippen molar-refractivity contribution in [3.05, 3.63) is 53.2 Å². The summed E-state index contributed by atoms with van der Waals surface area (Å²) >= 11 is 0. The Bertz CT molecular complexity index is 523. The third-order valence-electron chi connectivity index (χ3n) is 3.35. The number of aryl methyl sites for hydroxylation is 2. The maximum absolute atomic E-state index is 5.79. The van der Waals surface area contributed by atoms with Crippen LogP contribution in [0.2, 0.25) is 0 Å². The second-order valence-electron chi connectivity index (χ2n) is 5.11. The Morgan fingerprint density at radius 2 is 2.10 bits per heavy atom. The van der Waals surface area contributed by atoms with Gasteiger partial charge in [0.25, 0.3) is 0 Å². The van der Waals surface area contributed by atoms with Gasteiger partial charge in [-0.25, -0.2) is 0 Å². The van der Waals surface area contributed by atoms with Gasteiger partial charge in [0.1, 0.15) is 18.1 Å². The lowest BCUT2D eigenvalue weighted by molar-refractivity contribution is 0.103. The van der Waals surface area contributed by atoms with E-state index in [1.54, 1.807) is 0 Å². The molecule has 0 aliphatic heterocycles. The quantitative estimate of drug-likeness (QED) is 0.720. The van der Waals surface area contributed by atoms with Crippen molar-refractivity contribution in [2.24, 2.45) is 0 Å². The Morgan fingerprint density at radius 1 is 1.29 bits per heavy atom. The standard InChI is InChI=1S/C17H24N2O2/c1-3-18-12-17-14(2)11-16(21-17)13-20-10-4-5-15-6-8-19-9-7-15/h6-9,11,18H,3-5,10,12-13H2,1-2H3. The highest BCUT2D eigenvalue weighted by Crippen LogP contribution is 2.15. The lowest BCUT2D eigenvalue weighted by atomic mass is 10.1. The molecule has 0 amide bonds. The van der Waals surface area contributed by atoms with Crippen LogP contribution in [0.4, 0.5) is 0 Å². The normalized spacial score (nSPS) is 11.0. The van der Waals surface area contributed by atoms with E-state index in [9.17, 15) is 0 Å². The summed E-state index contributed by atoms with van der Waals surface area (Å²) in [4.78, 5) is 4.01.